The SMILES string of the molecule is CN=C(NCc1ccc(F)c(COC)c1)NCc1cccs1. The molecule has 1 aromatic carbocycles. The van der Waals surface area contributed by atoms with Gasteiger partial charge in [-0.05, 0) is 29.1 Å². The first-order valence-electron chi connectivity index (χ1n) is 6.96. The van der Waals surface area contributed by atoms with Crippen molar-refractivity contribution < 1.29 is 9.13 Å². The molecule has 0 radical (unpaired) electrons. The number of nitrogens with one attached hydrogen (secondary N) is 2. The summed E-state index contributed by atoms with van der Waals surface area (Å²) in [4.78, 5) is 5.42. The van der Waals surface area contributed by atoms with E-state index in [-0.39, 0.29) is 12.4 Å². The molecule has 0 aliphatic carbocycles. The van der Waals surface area contributed by atoms with Crippen molar-refractivity contribution in [3.8, 4) is 0 Å². The molecule has 1 aromatic heterocycles. The molecule has 2 rings (SSSR count). The van der Waals surface area contributed by atoms with Crippen molar-refractivity contribution in [3.05, 3.63) is 57.5 Å². The van der Waals surface area contributed by atoms with Crippen LogP contribution in [-0.4, -0.2) is 20.1 Å². The molecule has 6 heteroatoms. The highest BCUT2D eigenvalue weighted by Crippen LogP contribution is 2.11. The van der Waals surface area contributed by atoms with Crippen LogP contribution in [0, 0.1) is 5.82 Å². The van der Waals surface area contributed by atoms with Gasteiger partial charge in [0.05, 0.1) is 13.2 Å². The van der Waals surface area contributed by atoms with E-state index in [1.54, 1.807) is 37.6 Å². The second-order valence-electron chi connectivity index (χ2n) is 4.72. The van der Waals surface area contributed by atoms with Crippen LogP contribution in [0.1, 0.15) is 16.0 Å². The van der Waals surface area contributed by atoms with E-state index in [0.717, 1.165) is 12.1 Å². The van der Waals surface area contributed by atoms with Crippen LogP contribution < -0.4 is 10.6 Å². The fourth-order valence-corrected chi connectivity index (χ4v) is 2.64. The number of hydrogen-bond donors (Lipinski definition) is 2. The molecule has 0 unspecified atom stereocenters. The Morgan fingerprint density at radius 2 is 2.09 bits per heavy atom. The van der Waals surface area contributed by atoms with E-state index < -0.39 is 0 Å². The quantitative estimate of drug-likeness (QED) is 0.635. The maximum atomic E-state index is 13.6. The Morgan fingerprint density at radius 3 is 2.77 bits per heavy atom. The molecule has 118 valence electrons. The number of benzene rings is 1. The van der Waals surface area contributed by atoms with E-state index in [9.17, 15) is 4.39 Å². The van der Waals surface area contributed by atoms with Crippen molar-refractivity contribution in [2.45, 2.75) is 19.7 Å². The second kappa shape index (κ2) is 8.51. The summed E-state index contributed by atoms with van der Waals surface area (Å²) in [5.74, 6) is 0.469. The molecular weight excluding hydrogens is 301 g/mol. The number of rotatable bonds is 6. The van der Waals surface area contributed by atoms with Gasteiger partial charge in [0.2, 0.25) is 0 Å². The Hall–Kier alpha value is -1.92. The molecule has 0 spiro atoms. The topological polar surface area (TPSA) is 45.7 Å². The summed E-state index contributed by atoms with van der Waals surface area (Å²) >= 11 is 1.70. The maximum Gasteiger partial charge on any atom is 0.191 e. The van der Waals surface area contributed by atoms with Gasteiger partial charge in [-0.1, -0.05) is 12.1 Å². The molecule has 22 heavy (non-hydrogen) atoms. The van der Waals surface area contributed by atoms with Crippen LogP contribution in [0.4, 0.5) is 4.39 Å². The van der Waals surface area contributed by atoms with Crippen LogP contribution in [0.15, 0.2) is 40.7 Å². The third-order valence-corrected chi connectivity index (χ3v) is 3.98. The highest BCUT2D eigenvalue weighted by molar-refractivity contribution is 7.09. The number of halogens is 1. The van der Waals surface area contributed by atoms with E-state index in [1.165, 1.54) is 10.9 Å². The van der Waals surface area contributed by atoms with Gasteiger partial charge in [0.15, 0.2) is 5.96 Å². The lowest BCUT2D eigenvalue weighted by Gasteiger charge is -2.12. The van der Waals surface area contributed by atoms with Crippen molar-refractivity contribution in [1.82, 2.24) is 10.6 Å². The molecule has 0 atom stereocenters. The summed E-state index contributed by atoms with van der Waals surface area (Å²) in [7, 11) is 3.28. The number of aliphatic imine (C=N–C) groups is 1. The summed E-state index contributed by atoms with van der Waals surface area (Å²) in [6.07, 6.45) is 0. The Kier molecular flexibility index (Phi) is 6.36. The van der Waals surface area contributed by atoms with Gasteiger partial charge >= 0.3 is 0 Å². The lowest BCUT2D eigenvalue weighted by molar-refractivity contribution is 0.181. The summed E-state index contributed by atoms with van der Waals surface area (Å²) in [6, 6.07) is 9.12. The second-order valence-corrected chi connectivity index (χ2v) is 5.75. The largest absolute Gasteiger partial charge is 0.380 e. The minimum atomic E-state index is -0.245. The van der Waals surface area contributed by atoms with Gasteiger partial charge in [-0.2, -0.15) is 0 Å². The predicted molar refractivity (Wildman–Crippen MR) is 88.5 cm³/mol. The first kappa shape index (κ1) is 16.5. The molecule has 2 aromatic rings. The fourth-order valence-electron chi connectivity index (χ4n) is 1.99. The summed E-state index contributed by atoms with van der Waals surface area (Å²) in [5.41, 5.74) is 1.54. The van der Waals surface area contributed by atoms with Crippen LogP contribution in [0.25, 0.3) is 0 Å². The first-order valence-corrected chi connectivity index (χ1v) is 7.84. The van der Waals surface area contributed by atoms with Gasteiger partial charge in [-0.3, -0.25) is 4.99 Å². The van der Waals surface area contributed by atoms with E-state index in [2.05, 4.69) is 21.7 Å². The number of nitrogens with zero attached hydrogens (tertiary/aromatic N) is 1. The zero-order chi connectivity index (χ0) is 15.8. The van der Waals surface area contributed by atoms with Gasteiger partial charge in [0, 0.05) is 31.1 Å². The molecule has 2 N–H and O–H groups in total. The average molecular weight is 321 g/mol. The Morgan fingerprint density at radius 1 is 1.27 bits per heavy atom. The van der Waals surface area contributed by atoms with Crippen LogP contribution in [0.2, 0.25) is 0 Å². The van der Waals surface area contributed by atoms with Crippen molar-refractivity contribution in [1.29, 1.82) is 0 Å². The molecule has 0 aliphatic heterocycles. The third-order valence-electron chi connectivity index (χ3n) is 3.10. The zero-order valence-corrected chi connectivity index (χ0v) is 13.5. The van der Waals surface area contributed by atoms with Crippen molar-refractivity contribution in [2.75, 3.05) is 14.2 Å². The lowest BCUT2D eigenvalue weighted by atomic mass is 10.1. The Bertz CT molecular complexity index is 614. The number of methoxy groups -OCH3 is 1. The highest BCUT2D eigenvalue weighted by Gasteiger charge is 2.04. The number of ether oxygens (including phenoxy) is 1. The molecule has 0 amide bonds. The Balaban J connectivity index is 1.88. The monoisotopic (exact) mass is 321 g/mol. The standard InChI is InChI=1S/C16H20FN3OS/c1-18-16(20-10-14-4-3-7-22-14)19-9-12-5-6-15(17)13(8-12)11-21-2/h3-8H,9-11H2,1-2H3,(H2,18,19,20). The van der Waals surface area contributed by atoms with E-state index >= 15 is 0 Å². The van der Waals surface area contributed by atoms with Gasteiger partial charge in [-0.15, -0.1) is 11.3 Å². The molecule has 0 aliphatic rings. The molecule has 0 bridgehead atoms. The van der Waals surface area contributed by atoms with Crippen LogP contribution >= 0.6 is 11.3 Å². The normalized spacial score (nSPS) is 11.5. The number of hydrogen-bond acceptors (Lipinski definition) is 3. The van der Waals surface area contributed by atoms with E-state index in [0.29, 0.717) is 18.1 Å². The molecule has 0 saturated carbocycles. The number of thiophene rings is 1. The van der Waals surface area contributed by atoms with Crippen LogP contribution in [0.5, 0.6) is 0 Å². The lowest BCUT2D eigenvalue weighted by Crippen LogP contribution is -2.36. The predicted octanol–water partition coefficient (Wildman–Crippen LogP) is 2.90. The van der Waals surface area contributed by atoms with E-state index in [4.69, 9.17) is 4.74 Å². The van der Waals surface area contributed by atoms with Gasteiger partial charge < -0.3 is 15.4 Å². The van der Waals surface area contributed by atoms with Crippen molar-refractivity contribution in [3.63, 3.8) is 0 Å². The summed E-state index contributed by atoms with van der Waals surface area (Å²) in [5, 5.41) is 8.51. The van der Waals surface area contributed by atoms with E-state index in [1.807, 2.05) is 11.4 Å². The van der Waals surface area contributed by atoms with Crippen molar-refractivity contribution in [2.24, 2.45) is 4.99 Å². The number of guanidine groups is 1. The molecule has 1 heterocycles. The molecular formula is C16H20FN3OS. The molecule has 4 nitrogen and oxygen atoms in total. The zero-order valence-electron chi connectivity index (χ0n) is 12.7. The Labute approximate surface area is 134 Å². The third kappa shape index (κ3) is 4.82. The maximum absolute atomic E-state index is 13.6. The summed E-state index contributed by atoms with van der Waals surface area (Å²) < 4.78 is 18.6. The van der Waals surface area contributed by atoms with Crippen molar-refractivity contribution >= 4 is 17.3 Å². The molecule has 0 fully saturated rings. The molecule has 0 saturated heterocycles. The van der Waals surface area contributed by atoms with Gasteiger partial charge in [-0.25, -0.2) is 4.39 Å². The fraction of sp³-hybridized carbons (Fsp3) is 0.312. The van der Waals surface area contributed by atoms with Crippen LogP contribution in [0.3, 0.4) is 0 Å². The first-order chi connectivity index (χ1) is 10.7. The van der Waals surface area contributed by atoms with Crippen LogP contribution in [-0.2, 0) is 24.4 Å². The minimum Gasteiger partial charge on any atom is -0.380 e. The summed E-state index contributed by atoms with van der Waals surface area (Å²) in [6.45, 7) is 1.57. The smallest absolute Gasteiger partial charge is 0.191 e. The average Bonchev–Trinajstić information content (AvgIpc) is 3.04. The van der Waals surface area contributed by atoms with Gasteiger partial charge in [0.1, 0.15) is 5.82 Å². The highest BCUT2D eigenvalue weighted by atomic mass is 32.1. The van der Waals surface area contributed by atoms with Gasteiger partial charge in [0.25, 0.3) is 0 Å². The minimum absolute atomic E-state index is 0.245.